The van der Waals surface area contributed by atoms with Crippen LogP contribution in [-0.4, -0.2) is 23.8 Å². The largest absolute Gasteiger partial charge is 0.416 e. The monoisotopic (exact) mass is 645 g/mol. The zero-order chi connectivity index (χ0) is 32.6. The zero-order valence-corrected chi connectivity index (χ0v) is 24.1. The lowest BCUT2D eigenvalue weighted by Crippen LogP contribution is -2.14. The van der Waals surface area contributed by atoms with Crippen LogP contribution in [0.5, 0.6) is 0 Å². The second kappa shape index (κ2) is 11.9. The second-order valence-corrected chi connectivity index (χ2v) is 11.9. The lowest BCUT2D eigenvalue weighted by Gasteiger charge is -2.16. The molecule has 4 N–H and O–H groups in total. The first kappa shape index (κ1) is 31.6. The van der Waals surface area contributed by atoms with Gasteiger partial charge in [0.2, 0.25) is 0 Å². The predicted octanol–water partition coefficient (Wildman–Crippen LogP) is 6.99. The van der Waals surface area contributed by atoms with Crippen LogP contribution in [0.1, 0.15) is 33.6 Å². The van der Waals surface area contributed by atoms with Gasteiger partial charge in [0.15, 0.2) is 0 Å². The van der Waals surface area contributed by atoms with Crippen molar-refractivity contribution in [3.05, 3.63) is 125 Å². The Kier molecular flexibility index (Phi) is 8.36. The number of hydrogen-bond acceptors (Lipinski definition) is 4. The molecule has 14 heteroatoms. The number of rotatable bonds is 9. The number of benzene rings is 4. The molecule has 0 atom stereocenters. The van der Waals surface area contributed by atoms with Crippen LogP contribution < -0.4 is 10.5 Å². The average molecular weight is 646 g/mol. The third-order valence-corrected chi connectivity index (χ3v) is 8.42. The average Bonchev–Trinajstić information content (AvgIpc) is 3.31. The Morgan fingerprint density at radius 2 is 1.42 bits per heavy atom. The zero-order valence-electron chi connectivity index (χ0n) is 23.2. The van der Waals surface area contributed by atoms with Crippen molar-refractivity contribution in [1.29, 1.82) is 5.41 Å². The van der Waals surface area contributed by atoms with Gasteiger partial charge in [0, 0.05) is 18.5 Å². The molecule has 234 valence electrons. The minimum atomic E-state index is -5.01. The number of alkyl halides is 6. The number of amidine groups is 1. The summed E-state index contributed by atoms with van der Waals surface area (Å²) in [6, 6.07) is 20.3. The van der Waals surface area contributed by atoms with E-state index in [2.05, 4.69) is 9.71 Å². The number of nitrogens with two attached hydrogens (primary N) is 1. The second-order valence-electron chi connectivity index (χ2n) is 10.3. The summed E-state index contributed by atoms with van der Waals surface area (Å²) in [5.41, 5.74) is 4.59. The number of halogens is 6. The van der Waals surface area contributed by atoms with Gasteiger partial charge in [0.05, 0.1) is 32.7 Å². The molecule has 0 amide bonds. The van der Waals surface area contributed by atoms with Crippen molar-refractivity contribution >= 4 is 32.6 Å². The molecule has 0 spiro atoms. The van der Waals surface area contributed by atoms with E-state index < -0.39 is 33.5 Å². The normalized spacial score (nSPS) is 12.4. The first-order valence-corrected chi connectivity index (χ1v) is 14.9. The summed E-state index contributed by atoms with van der Waals surface area (Å²) >= 11 is 0. The molecular weight excluding hydrogens is 620 g/mol. The van der Waals surface area contributed by atoms with Crippen LogP contribution >= 0.6 is 0 Å². The van der Waals surface area contributed by atoms with Gasteiger partial charge < -0.3 is 10.3 Å². The molecule has 45 heavy (non-hydrogen) atoms. The Morgan fingerprint density at radius 3 is 2.00 bits per heavy atom. The van der Waals surface area contributed by atoms with Gasteiger partial charge >= 0.3 is 12.4 Å². The molecule has 0 bridgehead atoms. The Hall–Kier alpha value is -4.85. The fourth-order valence-electron chi connectivity index (χ4n) is 4.82. The topological polar surface area (TPSA) is 114 Å². The first-order valence-electron chi connectivity index (χ1n) is 13.4. The van der Waals surface area contributed by atoms with E-state index >= 15 is 0 Å². The highest BCUT2D eigenvalue weighted by Crippen LogP contribution is 2.37. The number of hydrogen-bond donors (Lipinski definition) is 3. The lowest BCUT2D eigenvalue weighted by atomic mass is 10.0. The van der Waals surface area contributed by atoms with Gasteiger partial charge in [-0.05, 0) is 66.1 Å². The third kappa shape index (κ3) is 7.28. The highest BCUT2D eigenvalue weighted by molar-refractivity contribution is 7.92. The van der Waals surface area contributed by atoms with Crippen molar-refractivity contribution in [3.8, 4) is 0 Å². The van der Waals surface area contributed by atoms with Crippen molar-refractivity contribution in [1.82, 2.24) is 9.55 Å². The molecule has 0 saturated carbocycles. The van der Waals surface area contributed by atoms with Crippen LogP contribution in [0.25, 0.3) is 11.0 Å². The quantitative estimate of drug-likeness (QED) is 0.0911. The number of nitrogens with zero attached hydrogens (tertiary/aromatic N) is 2. The molecule has 0 aliphatic rings. The van der Waals surface area contributed by atoms with Crippen molar-refractivity contribution in [2.75, 3.05) is 4.72 Å². The summed E-state index contributed by atoms with van der Waals surface area (Å²) in [5.74, 6) is 0.246. The molecule has 4 aromatic carbocycles. The number of anilines is 1. The predicted molar refractivity (Wildman–Crippen MR) is 157 cm³/mol. The molecule has 0 aliphatic heterocycles. The Labute approximate surface area is 253 Å². The van der Waals surface area contributed by atoms with E-state index in [0.29, 0.717) is 35.5 Å². The molecule has 0 aliphatic carbocycles. The number of imidazole rings is 1. The Morgan fingerprint density at radius 1 is 0.800 bits per heavy atom. The van der Waals surface area contributed by atoms with Gasteiger partial charge in [-0.3, -0.25) is 10.1 Å². The van der Waals surface area contributed by atoms with Crippen molar-refractivity contribution in [3.63, 3.8) is 0 Å². The number of fused-ring (bicyclic) bond motifs is 1. The van der Waals surface area contributed by atoms with E-state index in [9.17, 15) is 34.8 Å². The van der Waals surface area contributed by atoms with Gasteiger partial charge in [-0.15, -0.1) is 0 Å². The van der Waals surface area contributed by atoms with Gasteiger partial charge in [0.25, 0.3) is 10.0 Å². The molecule has 0 radical (unpaired) electrons. The van der Waals surface area contributed by atoms with E-state index in [1.165, 1.54) is 34.9 Å². The smallest absolute Gasteiger partial charge is 0.384 e. The van der Waals surface area contributed by atoms with Gasteiger partial charge in [0.1, 0.15) is 11.7 Å². The summed E-state index contributed by atoms with van der Waals surface area (Å²) in [6.45, 7) is -0.364. The number of nitrogens with one attached hydrogen (secondary N) is 2. The lowest BCUT2D eigenvalue weighted by molar-refractivity contribution is -0.143. The van der Waals surface area contributed by atoms with E-state index in [4.69, 9.17) is 11.1 Å². The molecule has 0 unspecified atom stereocenters. The van der Waals surface area contributed by atoms with E-state index in [1.54, 1.807) is 42.5 Å². The van der Waals surface area contributed by atoms with Crippen LogP contribution in [0, 0.1) is 5.41 Å². The number of aryl methyl sites for hydroxylation is 2. The highest BCUT2D eigenvalue weighted by Gasteiger charge is 2.37. The van der Waals surface area contributed by atoms with Gasteiger partial charge in [-0.1, -0.05) is 42.5 Å². The molecular formula is C31H25F6N5O2S. The van der Waals surface area contributed by atoms with Gasteiger partial charge in [-0.25, -0.2) is 13.4 Å². The molecule has 5 aromatic rings. The summed E-state index contributed by atoms with van der Waals surface area (Å²) in [6.07, 6.45) is -9.38. The number of aromatic nitrogens is 2. The van der Waals surface area contributed by atoms with Crippen LogP contribution in [0.15, 0.2) is 95.9 Å². The molecule has 5 rings (SSSR count). The van der Waals surface area contributed by atoms with E-state index in [0.717, 1.165) is 5.56 Å². The summed E-state index contributed by atoms with van der Waals surface area (Å²) in [5, 5.41) is 7.55. The van der Waals surface area contributed by atoms with Crippen LogP contribution in [0.2, 0.25) is 0 Å². The van der Waals surface area contributed by atoms with Crippen molar-refractivity contribution in [2.24, 2.45) is 5.73 Å². The molecule has 0 saturated heterocycles. The minimum Gasteiger partial charge on any atom is -0.384 e. The molecule has 0 fully saturated rings. The van der Waals surface area contributed by atoms with Crippen molar-refractivity contribution in [2.45, 2.75) is 36.6 Å². The number of sulfonamides is 1. The Balaban J connectivity index is 1.55. The van der Waals surface area contributed by atoms with Crippen LogP contribution in [0.4, 0.5) is 32.0 Å². The molecule has 1 aromatic heterocycles. The fraction of sp³-hybridized carbons (Fsp3) is 0.161. The SMILES string of the molecule is N=C(N)c1ccc(CCc2nc3cc(NS(=O)(=O)c4ccccc4)ccc3n2Cc2cc(C(F)(F)F)cc(C(F)(F)F)c2)cc1. The maximum atomic E-state index is 13.6. The number of nitrogen functional groups attached to an aromatic ring is 1. The summed E-state index contributed by atoms with van der Waals surface area (Å²) in [4.78, 5) is 4.63. The van der Waals surface area contributed by atoms with Crippen molar-refractivity contribution < 1.29 is 34.8 Å². The minimum absolute atomic E-state index is 0.0251. The standard InChI is InChI=1S/C31H25F6N5O2S/c32-30(33,34)22-14-20(15-23(16-22)31(35,36)37)18-42-27-12-11-24(41-45(43,44)25-4-2-1-3-5-25)17-26(27)40-28(42)13-8-19-6-9-21(10-7-19)29(38)39/h1-7,9-12,14-17,41H,8,13,18H2,(H3,38,39). The van der Waals surface area contributed by atoms with Gasteiger partial charge in [-0.2, -0.15) is 26.3 Å². The third-order valence-electron chi connectivity index (χ3n) is 7.02. The fourth-order valence-corrected chi connectivity index (χ4v) is 5.90. The molecule has 1 heterocycles. The highest BCUT2D eigenvalue weighted by atomic mass is 32.2. The molecule has 7 nitrogen and oxygen atoms in total. The first-order chi connectivity index (χ1) is 21.1. The van der Waals surface area contributed by atoms with Crippen LogP contribution in [-0.2, 0) is 41.8 Å². The maximum Gasteiger partial charge on any atom is 0.416 e. The van der Waals surface area contributed by atoms with Crippen LogP contribution in [0.3, 0.4) is 0 Å². The van der Waals surface area contributed by atoms with E-state index in [-0.39, 0.29) is 46.5 Å². The summed E-state index contributed by atoms with van der Waals surface area (Å²) in [7, 11) is -3.95. The maximum absolute atomic E-state index is 13.6. The van der Waals surface area contributed by atoms with E-state index in [1.807, 2.05) is 0 Å². The Bertz CT molecular complexity index is 1940. The summed E-state index contributed by atoms with van der Waals surface area (Å²) < 4.78 is 111.